The quantitative estimate of drug-likeness (QED) is 0.587. The maximum absolute atomic E-state index is 11.2. The van der Waals surface area contributed by atoms with Crippen molar-refractivity contribution in [2.45, 2.75) is 11.3 Å². The average molecular weight is 218 g/mol. The van der Waals surface area contributed by atoms with Gasteiger partial charge in [-0.2, -0.15) is 0 Å². The molecule has 1 unspecified atom stereocenters. The molecule has 1 aromatic heterocycles. The van der Waals surface area contributed by atoms with Crippen molar-refractivity contribution in [2.24, 2.45) is 0 Å². The maximum atomic E-state index is 11.2. The molecule has 1 atom stereocenters. The van der Waals surface area contributed by atoms with Gasteiger partial charge >= 0.3 is 0 Å². The van der Waals surface area contributed by atoms with Crippen LogP contribution in [-0.2, 0) is 16.3 Å². The van der Waals surface area contributed by atoms with Gasteiger partial charge in [0.25, 0.3) is 0 Å². The molecule has 4 nitrogen and oxygen atoms in total. The molecule has 72 valence electrons. The Labute approximate surface area is 79.9 Å². The molecule has 0 amide bonds. The average Bonchev–Trinajstić information content (AvgIpc) is 2.47. The Morgan fingerprint density at radius 2 is 2.15 bits per heavy atom. The van der Waals surface area contributed by atoms with Gasteiger partial charge in [0.1, 0.15) is 11.2 Å². The summed E-state index contributed by atoms with van der Waals surface area (Å²) < 4.78 is 22.3. The van der Waals surface area contributed by atoms with Gasteiger partial charge in [0.2, 0.25) is 0 Å². The number of aromatic nitrogens is 2. The summed E-state index contributed by atoms with van der Waals surface area (Å²) in [6.45, 7) is 1.92. The number of nitrogens with zero attached hydrogens (tertiary/aromatic N) is 2. The zero-order chi connectivity index (χ0) is 9.90. The third-order valence-corrected chi connectivity index (χ3v) is 3.45. The Bertz CT molecular complexity index is 391. The second-order valence-electron chi connectivity index (χ2n) is 2.40. The molecule has 2 heterocycles. The van der Waals surface area contributed by atoms with Crippen molar-refractivity contribution in [3.05, 3.63) is 18.2 Å². The highest BCUT2D eigenvalue weighted by Crippen LogP contribution is 2.21. The molecule has 0 spiro atoms. The van der Waals surface area contributed by atoms with Gasteiger partial charge < -0.3 is 0 Å². The van der Waals surface area contributed by atoms with Gasteiger partial charge in [-0.25, -0.2) is 18.4 Å². The van der Waals surface area contributed by atoms with Crippen molar-refractivity contribution in [1.29, 1.82) is 0 Å². The molecule has 1 aliphatic heterocycles. The van der Waals surface area contributed by atoms with Crippen LogP contribution in [0.1, 0.15) is 5.69 Å². The molecule has 0 fully saturated rings. The fourth-order valence-electron chi connectivity index (χ4n) is 1.13. The minimum atomic E-state index is -3.03. The van der Waals surface area contributed by atoms with Crippen LogP contribution >= 0.6 is 9.24 Å². The zero-order valence-corrected chi connectivity index (χ0v) is 9.24. The van der Waals surface area contributed by atoms with Crippen LogP contribution in [-0.4, -0.2) is 30.8 Å². The third kappa shape index (κ3) is 2.03. The summed E-state index contributed by atoms with van der Waals surface area (Å²) in [6.07, 6.45) is 3.27. The lowest BCUT2D eigenvalue weighted by Crippen LogP contribution is -1.98. The second-order valence-corrected chi connectivity index (χ2v) is 4.48. The molecule has 1 aliphatic rings. The summed E-state index contributed by atoms with van der Waals surface area (Å²) in [6, 6.07) is 0. The predicted molar refractivity (Wildman–Crippen MR) is 53.4 cm³/mol. The minimum Gasteiger partial charge on any atom is -0.243 e. The van der Waals surface area contributed by atoms with Crippen LogP contribution in [0.2, 0.25) is 0 Å². The first-order valence-electron chi connectivity index (χ1n) is 3.79. The normalized spacial score (nSPS) is 17.1. The smallest absolute Gasteiger partial charge is 0.182 e. The monoisotopic (exact) mass is 218 g/mol. The van der Waals surface area contributed by atoms with Crippen molar-refractivity contribution >= 4 is 19.1 Å². The molecular weight excluding hydrogens is 207 g/mol. The number of hydrogen-bond donors (Lipinski definition) is 0. The highest BCUT2D eigenvalue weighted by Gasteiger charge is 2.26. The molecule has 1 aromatic rings. The van der Waals surface area contributed by atoms with Gasteiger partial charge in [-0.15, -0.1) is 9.24 Å². The third-order valence-electron chi connectivity index (χ3n) is 1.70. The Hall–Kier alpha value is -0.540. The van der Waals surface area contributed by atoms with Gasteiger partial charge in [0, 0.05) is 12.6 Å². The van der Waals surface area contributed by atoms with E-state index in [0.29, 0.717) is 17.0 Å². The Morgan fingerprint density at radius 3 is 2.77 bits per heavy atom. The van der Waals surface area contributed by atoms with Crippen LogP contribution in [0.25, 0.3) is 0 Å². The number of fused-ring (bicyclic) bond motifs is 1. The van der Waals surface area contributed by atoms with E-state index < -0.39 is 9.84 Å². The lowest BCUT2D eigenvalue weighted by molar-refractivity contribution is 0.599. The van der Waals surface area contributed by atoms with E-state index >= 15 is 0 Å². The molecular formula is C7H11N2O2PS. The summed E-state index contributed by atoms with van der Waals surface area (Å²) in [7, 11) is -0.614. The predicted octanol–water partition coefficient (Wildman–Crippen LogP) is 0.298. The first-order chi connectivity index (χ1) is 6.20. The summed E-state index contributed by atoms with van der Waals surface area (Å²) in [4.78, 5) is 7.83. The Morgan fingerprint density at radius 1 is 1.46 bits per heavy atom. The second kappa shape index (κ2) is 4.11. The van der Waals surface area contributed by atoms with Gasteiger partial charge in [0.05, 0.1) is 11.4 Å². The fourth-order valence-corrected chi connectivity index (χ4v) is 2.55. The summed E-state index contributed by atoms with van der Waals surface area (Å²) in [5.74, 6) is 0.182. The number of aryl methyl sites for hydroxylation is 1. The fraction of sp³-hybridized carbons (Fsp3) is 0.429. The van der Waals surface area contributed by atoms with Crippen molar-refractivity contribution in [3.63, 3.8) is 0 Å². The van der Waals surface area contributed by atoms with Crippen LogP contribution in [0, 0.1) is 0 Å². The molecule has 0 bridgehead atoms. The topological polar surface area (TPSA) is 59.9 Å². The lowest BCUT2D eigenvalue weighted by Gasteiger charge is -1.92. The molecule has 0 aliphatic carbocycles. The standard InChI is InChI=1S/C6H6N2O2S.CH5P/c9-11(10)2-1-5-6(11)3-7-4-8-5;1-2/h3-4H,1-2H2;2H2,1H3. The number of hydrogen-bond acceptors (Lipinski definition) is 4. The molecule has 0 N–H and O–H groups in total. The highest BCUT2D eigenvalue weighted by atomic mass is 32.2. The largest absolute Gasteiger partial charge is 0.243 e. The van der Waals surface area contributed by atoms with Crippen LogP contribution in [0.4, 0.5) is 0 Å². The van der Waals surface area contributed by atoms with Gasteiger partial charge in [0.15, 0.2) is 9.84 Å². The van der Waals surface area contributed by atoms with E-state index in [0.717, 1.165) is 0 Å². The molecule has 2 rings (SSSR count). The molecule has 0 radical (unpaired) electrons. The summed E-state index contributed by atoms with van der Waals surface area (Å²) in [5, 5.41) is 0. The minimum absolute atomic E-state index is 0.182. The van der Waals surface area contributed by atoms with Crippen molar-refractivity contribution in [1.82, 2.24) is 9.97 Å². The van der Waals surface area contributed by atoms with E-state index in [1.807, 2.05) is 6.66 Å². The van der Waals surface area contributed by atoms with Crippen molar-refractivity contribution in [3.8, 4) is 0 Å². The van der Waals surface area contributed by atoms with Crippen molar-refractivity contribution < 1.29 is 8.42 Å². The number of sulfone groups is 1. The SMILES string of the molecule is CP.O=S1(=O)CCc2ncncc21. The first kappa shape index (κ1) is 10.5. The van der Waals surface area contributed by atoms with E-state index in [1.54, 1.807) is 0 Å². The molecule has 0 saturated heterocycles. The molecule has 0 aromatic carbocycles. The zero-order valence-electron chi connectivity index (χ0n) is 7.27. The van der Waals surface area contributed by atoms with Crippen LogP contribution in [0.3, 0.4) is 0 Å². The van der Waals surface area contributed by atoms with Crippen LogP contribution < -0.4 is 0 Å². The maximum Gasteiger partial charge on any atom is 0.182 e. The van der Waals surface area contributed by atoms with E-state index in [9.17, 15) is 8.42 Å². The summed E-state index contributed by atoms with van der Waals surface area (Å²) >= 11 is 0. The van der Waals surface area contributed by atoms with Gasteiger partial charge in [-0.3, -0.25) is 0 Å². The van der Waals surface area contributed by atoms with E-state index in [-0.39, 0.29) is 5.75 Å². The van der Waals surface area contributed by atoms with Gasteiger partial charge in [-0.05, 0) is 0 Å². The van der Waals surface area contributed by atoms with E-state index in [4.69, 9.17) is 0 Å². The molecule has 0 saturated carbocycles. The molecule has 13 heavy (non-hydrogen) atoms. The first-order valence-corrected chi connectivity index (χ1v) is 6.60. The van der Waals surface area contributed by atoms with E-state index in [1.165, 1.54) is 12.5 Å². The Kier molecular flexibility index (Phi) is 3.33. The molecule has 6 heteroatoms. The van der Waals surface area contributed by atoms with E-state index in [2.05, 4.69) is 19.2 Å². The number of rotatable bonds is 0. The Balaban J connectivity index is 0.000000396. The highest BCUT2D eigenvalue weighted by molar-refractivity contribution is 7.91. The van der Waals surface area contributed by atoms with Crippen LogP contribution in [0.5, 0.6) is 0 Å². The van der Waals surface area contributed by atoms with Gasteiger partial charge in [-0.1, -0.05) is 6.66 Å². The van der Waals surface area contributed by atoms with Crippen molar-refractivity contribution in [2.75, 3.05) is 12.4 Å². The van der Waals surface area contributed by atoms with Crippen LogP contribution in [0.15, 0.2) is 17.4 Å². The summed E-state index contributed by atoms with van der Waals surface area (Å²) in [5.41, 5.74) is 0.653. The lowest BCUT2D eigenvalue weighted by atomic mass is 10.3.